The van der Waals surface area contributed by atoms with Crippen molar-refractivity contribution in [1.82, 2.24) is 0 Å². The summed E-state index contributed by atoms with van der Waals surface area (Å²) in [7, 11) is 1.84. The molecule has 1 N–H and O–H groups in total. The molecule has 1 aliphatic rings. The lowest BCUT2D eigenvalue weighted by atomic mass is 9.86. The first-order valence-electron chi connectivity index (χ1n) is 5.65. The number of anilines is 2. The highest BCUT2D eigenvalue weighted by molar-refractivity contribution is 6.07. The van der Waals surface area contributed by atoms with Gasteiger partial charge in [0.2, 0.25) is 5.91 Å². The van der Waals surface area contributed by atoms with Crippen molar-refractivity contribution in [3.63, 3.8) is 0 Å². The topological polar surface area (TPSA) is 32.3 Å². The van der Waals surface area contributed by atoms with Gasteiger partial charge in [-0.1, -0.05) is 0 Å². The molecule has 0 radical (unpaired) electrons. The maximum Gasteiger partial charge on any atom is 0.236 e. The van der Waals surface area contributed by atoms with E-state index in [-0.39, 0.29) is 5.91 Å². The smallest absolute Gasteiger partial charge is 0.236 e. The van der Waals surface area contributed by atoms with Crippen LogP contribution in [-0.2, 0) is 10.2 Å². The Bertz CT molecular complexity index is 438. The van der Waals surface area contributed by atoms with Gasteiger partial charge in [-0.15, -0.1) is 0 Å². The van der Waals surface area contributed by atoms with Crippen LogP contribution in [0.3, 0.4) is 0 Å². The highest BCUT2D eigenvalue weighted by Crippen LogP contribution is 2.41. The Labute approximate surface area is 96.5 Å². The van der Waals surface area contributed by atoms with Gasteiger partial charge >= 0.3 is 0 Å². The third-order valence-corrected chi connectivity index (χ3v) is 3.25. The van der Waals surface area contributed by atoms with E-state index in [1.807, 2.05) is 33.0 Å². The van der Waals surface area contributed by atoms with Gasteiger partial charge in [0.25, 0.3) is 0 Å². The molecule has 3 nitrogen and oxygen atoms in total. The molecule has 2 rings (SSSR count). The van der Waals surface area contributed by atoms with Crippen molar-refractivity contribution in [2.75, 3.05) is 23.8 Å². The number of rotatable bonds is 2. The minimum Gasteiger partial charge on any atom is -0.385 e. The summed E-state index contributed by atoms with van der Waals surface area (Å²) in [6.07, 6.45) is 0. The molecule has 0 fully saturated rings. The van der Waals surface area contributed by atoms with E-state index < -0.39 is 5.41 Å². The minimum atomic E-state index is -0.407. The van der Waals surface area contributed by atoms with Crippen LogP contribution in [0.5, 0.6) is 0 Å². The number of nitrogens with one attached hydrogen (secondary N) is 1. The molecule has 16 heavy (non-hydrogen) atoms. The maximum atomic E-state index is 12.1. The standard InChI is InChI=1S/C13H18N2O/c1-5-14-9-6-7-11-10(8-9)13(2,3)12(16)15(11)4/h6-8,14H,5H2,1-4H3. The van der Waals surface area contributed by atoms with Gasteiger partial charge in [0.1, 0.15) is 0 Å². The Morgan fingerprint density at radius 2 is 2.06 bits per heavy atom. The van der Waals surface area contributed by atoms with Gasteiger partial charge in [-0.25, -0.2) is 0 Å². The van der Waals surface area contributed by atoms with Crippen LogP contribution in [0.15, 0.2) is 18.2 Å². The molecule has 1 aromatic rings. The molecule has 0 unspecified atom stereocenters. The molecule has 0 bridgehead atoms. The number of amides is 1. The summed E-state index contributed by atoms with van der Waals surface area (Å²) in [5.41, 5.74) is 2.81. The van der Waals surface area contributed by atoms with Crippen molar-refractivity contribution >= 4 is 17.3 Å². The number of likely N-dealkylation sites (N-methyl/N-ethyl adjacent to an activating group) is 1. The van der Waals surface area contributed by atoms with Gasteiger partial charge in [0.15, 0.2) is 0 Å². The van der Waals surface area contributed by atoms with Gasteiger partial charge in [0, 0.05) is 25.0 Å². The van der Waals surface area contributed by atoms with Gasteiger partial charge in [-0.2, -0.15) is 0 Å². The molecule has 0 aromatic heterocycles. The predicted molar refractivity (Wildman–Crippen MR) is 67.0 cm³/mol. The lowest BCUT2D eigenvalue weighted by Gasteiger charge is -2.16. The highest BCUT2D eigenvalue weighted by atomic mass is 16.2. The summed E-state index contributed by atoms with van der Waals surface area (Å²) < 4.78 is 0. The summed E-state index contributed by atoms with van der Waals surface area (Å²) in [5, 5.41) is 3.27. The minimum absolute atomic E-state index is 0.163. The fraction of sp³-hybridized carbons (Fsp3) is 0.462. The number of hydrogen-bond donors (Lipinski definition) is 1. The first kappa shape index (κ1) is 11.0. The van der Waals surface area contributed by atoms with Gasteiger partial charge in [0.05, 0.1) is 5.41 Å². The monoisotopic (exact) mass is 218 g/mol. The quantitative estimate of drug-likeness (QED) is 0.826. The number of carbonyl (C=O) groups is 1. The van der Waals surface area contributed by atoms with Crippen molar-refractivity contribution in [3.05, 3.63) is 23.8 Å². The number of carbonyl (C=O) groups excluding carboxylic acids is 1. The van der Waals surface area contributed by atoms with E-state index in [0.29, 0.717) is 0 Å². The van der Waals surface area contributed by atoms with Crippen molar-refractivity contribution in [3.8, 4) is 0 Å². The van der Waals surface area contributed by atoms with E-state index in [1.54, 1.807) is 4.90 Å². The molecule has 1 aromatic carbocycles. The molecule has 0 saturated carbocycles. The van der Waals surface area contributed by atoms with Crippen LogP contribution < -0.4 is 10.2 Å². The number of fused-ring (bicyclic) bond motifs is 1. The fourth-order valence-electron chi connectivity index (χ4n) is 2.29. The maximum absolute atomic E-state index is 12.1. The number of benzene rings is 1. The summed E-state index contributed by atoms with van der Waals surface area (Å²) in [4.78, 5) is 13.8. The predicted octanol–water partition coefficient (Wildman–Crippen LogP) is 2.37. The Balaban J connectivity index is 2.52. The summed E-state index contributed by atoms with van der Waals surface area (Å²) >= 11 is 0. The van der Waals surface area contributed by atoms with E-state index in [1.165, 1.54) is 0 Å². The van der Waals surface area contributed by atoms with Crippen molar-refractivity contribution in [2.24, 2.45) is 0 Å². The van der Waals surface area contributed by atoms with E-state index in [0.717, 1.165) is 23.5 Å². The van der Waals surface area contributed by atoms with E-state index in [2.05, 4.69) is 18.3 Å². The zero-order chi connectivity index (χ0) is 11.9. The Hall–Kier alpha value is -1.51. The molecule has 0 atom stereocenters. The Kier molecular flexibility index (Phi) is 2.41. The molecule has 86 valence electrons. The van der Waals surface area contributed by atoms with Crippen LogP contribution >= 0.6 is 0 Å². The zero-order valence-corrected chi connectivity index (χ0v) is 10.3. The third-order valence-electron chi connectivity index (χ3n) is 3.25. The zero-order valence-electron chi connectivity index (χ0n) is 10.3. The summed E-state index contributed by atoms with van der Waals surface area (Å²) in [6, 6.07) is 6.12. The molecule has 0 aliphatic carbocycles. The van der Waals surface area contributed by atoms with Crippen LogP contribution in [0.25, 0.3) is 0 Å². The van der Waals surface area contributed by atoms with Crippen molar-refractivity contribution in [1.29, 1.82) is 0 Å². The van der Waals surface area contributed by atoms with Crippen molar-refractivity contribution < 1.29 is 4.79 Å². The molecule has 0 saturated heterocycles. The van der Waals surface area contributed by atoms with Crippen LogP contribution in [0.2, 0.25) is 0 Å². The second kappa shape index (κ2) is 3.51. The number of hydrogen-bond acceptors (Lipinski definition) is 2. The van der Waals surface area contributed by atoms with E-state index >= 15 is 0 Å². The van der Waals surface area contributed by atoms with Crippen LogP contribution in [-0.4, -0.2) is 19.5 Å². The molecule has 3 heteroatoms. The first-order chi connectivity index (χ1) is 7.48. The second-order valence-corrected chi connectivity index (χ2v) is 4.75. The lowest BCUT2D eigenvalue weighted by molar-refractivity contribution is -0.121. The van der Waals surface area contributed by atoms with Gasteiger partial charge in [-0.05, 0) is 44.5 Å². The molecular formula is C13H18N2O. The SMILES string of the molecule is CCNc1ccc2c(c1)C(C)(C)C(=O)N2C. The van der Waals surface area contributed by atoms with Crippen LogP contribution in [0, 0.1) is 0 Å². The second-order valence-electron chi connectivity index (χ2n) is 4.75. The molecule has 1 aliphatic heterocycles. The molecule has 0 spiro atoms. The lowest BCUT2D eigenvalue weighted by Crippen LogP contribution is -2.33. The normalized spacial score (nSPS) is 17.5. The first-order valence-corrected chi connectivity index (χ1v) is 5.65. The van der Waals surface area contributed by atoms with Gasteiger partial charge < -0.3 is 10.2 Å². The van der Waals surface area contributed by atoms with Crippen LogP contribution in [0.1, 0.15) is 26.3 Å². The molecule has 1 amide bonds. The Morgan fingerprint density at radius 3 is 2.69 bits per heavy atom. The molecular weight excluding hydrogens is 200 g/mol. The Morgan fingerprint density at radius 1 is 1.38 bits per heavy atom. The van der Waals surface area contributed by atoms with Crippen molar-refractivity contribution in [2.45, 2.75) is 26.2 Å². The average Bonchev–Trinajstić information content (AvgIpc) is 2.42. The third kappa shape index (κ3) is 1.39. The average molecular weight is 218 g/mol. The van der Waals surface area contributed by atoms with Crippen LogP contribution in [0.4, 0.5) is 11.4 Å². The van der Waals surface area contributed by atoms with Gasteiger partial charge in [-0.3, -0.25) is 4.79 Å². The van der Waals surface area contributed by atoms with E-state index in [4.69, 9.17) is 0 Å². The largest absolute Gasteiger partial charge is 0.385 e. The fourth-order valence-corrected chi connectivity index (χ4v) is 2.29. The molecule has 1 heterocycles. The summed E-state index contributed by atoms with van der Waals surface area (Å²) in [5.74, 6) is 0.163. The van der Waals surface area contributed by atoms with E-state index in [9.17, 15) is 4.79 Å². The highest BCUT2D eigenvalue weighted by Gasteiger charge is 2.42. The number of nitrogens with zero attached hydrogens (tertiary/aromatic N) is 1. The summed E-state index contributed by atoms with van der Waals surface area (Å²) in [6.45, 7) is 6.92.